The van der Waals surface area contributed by atoms with Gasteiger partial charge < -0.3 is 10.6 Å². The zero-order valence-electron chi connectivity index (χ0n) is 9.73. The van der Waals surface area contributed by atoms with E-state index in [0.29, 0.717) is 0 Å². The van der Waals surface area contributed by atoms with Crippen LogP contribution in [0, 0.1) is 0 Å². The van der Waals surface area contributed by atoms with Crippen LogP contribution in [0.3, 0.4) is 0 Å². The van der Waals surface area contributed by atoms with E-state index in [9.17, 15) is 13.2 Å². The van der Waals surface area contributed by atoms with Gasteiger partial charge in [-0.05, 0) is 12.1 Å². The summed E-state index contributed by atoms with van der Waals surface area (Å²) in [4.78, 5) is 15.5. The van der Waals surface area contributed by atoms with E-state index in [4.69, 9.17) is 0 Å². The molecule has 94 valence electrons. The van der Waals surface area contributed by atoms with Crippen LogP contribution in [0.25, 0.3) is 0 Å². The second kappa shape index (κ2) is 5.62. The van der Waals surface area contributed by atoms with Crippen LogP contribution in [0.5, 0.6) is 0 Å². The van der Waals surface area contributed by atoms with Gasteiger partial charge in [-0.2, -0.15) is 0 Å². The molecular weight excluding hydrogens is 242 g/mol. The highest BCUT2D eigenvalue weighted by Crippen LogP contribution is 2.06. The maximum atomic E-state index is 11.6. The number of hydrogen-bond donors (Lipinski definition) is 2. The Morgan fingerprint density at radius 3 is 2.76 bits per heavy atom. The summed E-state index contributed by atoms with van der Waals surface area (Å²) in [6.45, 7) is 0.0864. The smallest absolute Gasteiger partial charge is 0.269 e. The van der Waals surface area contributed by atoms with E-state index >= 15 is 0 Å². The molecule has 0 aliphatic rings. The van der Waals surface area contributed by atoms with Gasteiger partial charge in [-0.3, -0.25) is 9.78 Å². The molecule has 0 aliphatic carbocycles. The van der Waals surface area contributed by atoms with Crippen LogP contribution in [0.15, 0.2) is 18.3 Å². The minimum atomic E-state index is -3.06. The van der Waals surface area contributed by atoms with E-state index in [0.717, 1.165) is 11.9 Å². The molecule has 0 saturated carbocycles. The molecule has 0 unspecified atom stereocenters. The minimum absolute atomic E-state index is 0.0789. The lowest BCUT2D eigenvalue weighted by Gasteiger charge is -2.05. The number of carbonyl (C=O) groups excluding carboxylic acids is 1. The summed E-state index contributed by atoms with van der Waals surface area (Å²) in [5, 5.41) is 5.39. The quantitative estimate of drug-likeness (QED) is 0.769. The average molecular weight is 257 g/mol. The second-order valence-corrected chi connectivity index (χ2v) is 5.83. The average Bonchev–Trinajstić information content (AvgIpc) is 2.27. The molecular formula is C10H15N3O3S. The predicted octanol–water partition coefficient (Wildman–Crippen LogP) is -0.102. The number of rotatable bonds is 5. The number of aromatic nitrogens is 1. The molecule has 1 amide bonds. The van der Waals surface area contributed by atoms with E-state index < -0.39 is 9.84 Å². The number of sulfone groups is 1. The molecule has 0 aliphatic heterocycles. The van der Waals surface area contributed by atoms with E-state index in [2.05, 4.69) is 15.6 Å². The summed E-state index contributed by atoms with van der Waals surface area (Å²) < 4.78 is 21.7. The van der Waals surface area contributed by atoms with Crippen molar-refractivity contribution in [3.05, 3.63) is 24.0 Å². The third-order valence-corrected chi connectivity index (χ3v) is 2.99. The Hall–Kier alpha value is -1.63. The minimum Gasteiger partial charge on any atom is -0.388 e. The highest BCUT2D eigenvalue weighted by Gasteiger charge is 2.08. The molecule has 7 heteroatoms. The summed E-state index contributed by atoms with van der Waals surface area (Å²) in [7, 11) is -1.33. The first-order valence-electron chi connectivity index (χ1n) is 5.02. The lowest BCUT2D eigenvalue weighted by Crippen LogP contribution is -2.29. The van der Waals surface area contributed by atoms with E-state index in [1.54, 1.807) is 19.2 Å². The molecule has 0 aromatic carbocycles. The number of nitrogens with one attached hydrogen (secondary N) is 2. The first kappa shape index (κ1) is 13.4. The Morgan fingerprint density at radius 2 is 2.18 bits per heavy atom. The maximum absolute atomic E-state index is 11.6. The third-order valence-electron chi connectivity index (χ3n) is 2.04. The molecule has 1 rings (SSSR count). The summed E-state index contributed by atoms with van der Waals surface area (Å²) in [5.74, 6) is -0.462. The van der Waals surface area contributed by atoms with Crippen LogP contribution in [0.4, 0.5) is 5.69 Å². The van der Waals surface area contributed by atoms with Crippen LogP contribution in [-0.4, -0.2) is 44.9 Å². The van der Waals surface area contributed by atoms with Gasteiger partial charge in [0.05, 0.1) is 5.75 Å². The standard InChI is InChI=1S/C10H15N3O3S/c1-11-8-3-4-12-9(7-8)10(14)13-5-6-17(2,15)16/h3-4,7H,5-6H2,1-2H3,(H,11,12)(H,13,14). The van der Waals surface area contributed by atoms with Gasteiger partial charge in [-0.1, -0.05) is 0 Å². The fourth-order valence-corrected chi connectivity index (χ4v) is 1.62. The fraction of sp³-hybridized carbons (Fsp3) is 0.400. The van der Waals surface area contributed by atoms with Crippen molar-refractivity contribution in [2.45, 2.75) is 0 Å². The van der Waals surface area contributed by atoms with Crippen molar-refractivity contribution in [2.75, 3.05) is 30.9 Å². The monoisotopic (exact) mass is 257 g/mol. The van der Waals surface area contributed by atoms with Crippen molar-refractivity contribution in [2.24, 2.45) is 0 Å². The normalized spacial score (nSPS) is 10.9. The first-order valence-corrected chi connectivity index (χ1v) is 7.08. The largest absolute Gasteiger partial charge is 0.388 e. The van der Waals surface area contributed by atoms with Crippen LogP contribution in [0.1, 0.15) is 10.5 Å². The molecule has 17 heavy (non-hydrogen) atoms. The molecule has 2 N–H and O–H groups in total. The van der Waals surface area contributed by atoms with Gasteiger partial charge >= 0.3 is 0 Å². The number of pyridine rings is 1. The van der Waals surface area contributed by atoms with E-state index in [-0.39, 0.29) is 23.9 Å². The zero-order valence-corrected chi connectivity index (χ0v) is 10.5. The van der Waals surface area contributed by atoms with Gasteiger partial charge in [0.1, 0.15) is 15.5 Å². The number of carbonyl (C=O) groups is 1. The third kappa shape index (κ3) is 4.81. The highest BCUT2D eigenvalue weighted by atomic mass is 32.2. The van der Waals surface area contributed by atoms with Gasteiger partial charge in [0.2, 0.25) is 0 Å². The van der Waals surface area contributed by atoms with Gasteiger partial charge in [0, 0.05) is 31.7 Å². The molecule has 1 aromatic heterocycles. The Bertz CT molecular complexity index is 499. The SMILES string of the molecule is CNc1ccnc(C(=O)NCCS(C)(=O)=O)c1. The summed E-state index contributed by atoms with van der Waals surface area (Å²) in [5.41, 5.74) is 1.03. The Morgan fingerprint density at radius 1 is 1.47 bits per heavy atom. The summed E-state index contributed by atoms with van der Waals surface area (Å²) >= 11 is 0. The summed E-state index contributed by atoms with van der Waals surface area (Å²) in [6, 6.07) is 3.32. The number of amides is 1. The molecule has 6 nitrogen and oxygen atoms in total. The van der Waals surface area contributed by atoms with Gasteiger partial charge in [0.25, 0.3) is 5.91 Å². The topological polar surface area (TPSA) is 88.2 Å². The fourth-order valence-electron chi connectivity index (χ4n) is 1.15. The van der Waals surface area contributed by atoms with E-state index in [1.807, 2.05) is 0 Å². The summed E-state index contributed by atoms with van der Waals surface area (Å²) in [6.07, 6.45) is 2.64. The van der Waals surface area contributed by atoms with Crippen molar-refractivity contribution in [1.82, 2.24) is 10.3 Å². The molecule has 0 spiro atoms. The van der Waals surface area contributed by atoms with E-state index in [1.165, 1.54) is 6.20 Å². The van der Waals surface area contributed by atoms with Gasteiger partial charge in [0.15, 0.2) is 0 Å². The molecule has 0 radical (unpaired) electrons. The Kier molecular flexibility index (Phi) is 4.45. The molecule has 0 bridgehead atoms. The number of nitrogens with zero attached hydrogens (tertiary/aromatic N) is 1. The van der Waals surface area contributed by atoms with Gasteiger partial charge in [-0.15, -0.1) is 0 Å². The lowest BCUT2D eigenvalue weighted by atomic mass is 10.3. The van der Waals surface area contributed by atoms with Crippen molar-refractivity contribution < 1.29 is 13.2 Å². The molecule has 0 fully saturated rings. The van der Waals surface area contributed by atoms with Crippen LogP contribution in [0.2, 0.25) is 0 Å². The molecule has 1 heterocycles. The molecule has 0 saturated heterocycles. The van der Waals surface area contributed by atoms with Crippen LogP contribution < -0.4 is 10.6 Å². The lowest BCUT2D eigenvalue weighted by molar-refractivity contribution is 0.0951. The van der Waals surface area contributed by atoms with Crippen LogP contribution >= 0.6 is 0 Å². The number of anilines is 1. The van der Waals surface area contributed by atoms with Crippen LogP contribution in [-0.2, 0) is 9.84 Å². The molecule has 1 aromatic rings. The first-order chi connectivity index (χ1) is 7.92. The maximum Gasteiger partial charge on any atom is 0.269 e. The Labute approximate surface area is 100 Å². The molecule has 0 atom stereocenters. The number of hydrogen-bond acceptors (Lipinski definition) is 5. The predicted molar refractivity (Wildman–Crippen MR) is 65.8 cm³/mol. The second-order valence-electron chi connectivity index (χ2n) is 3.57. The van der Waals surface area contributed by atoms with Crippen molar-refractivity contribution >= 4 is 21.4 Å². The van der Waals surface area contributed by atoms with Crippen molar-refractivity contribution in [3.8, 4) is 0 Å². The van der Waals surface area contributed by atoms with Gasteiger partial charge in [-0.25, -0.2) is 8.42 Å². The van der Waals surface area contributed by atoms with Crippen molar-refractivity contribution in [1.29, 1.82) is 0 Å². The Balaban J connectivity index is 2.58. The zero-order chi connectivity index (χ0) is 12.9. The highest BCUT2D eigenvalue weighted by molar-refractivity contribution is 7.90. The van der Waals surface area contributed by atoms with Crippen molar-refractivity contribution in [3.63, 3.8) is 0 Å².